The first-order valence-electron chi connectivity index (χ1n) is 10.7. The zero-order chi connectivity index (χ0) is 22.8. The highest BCUT2D eigenvalue weighted by Crippen LogP contribution is 2.27. The molecule has 1 saturated heterocycles. The van der Waals surface area contributed by atoms with E-state index < -0.39 is 0 Å². The van der Waals surface area contributed by atoms with Crippen molar-refractivity contribution < 1.29 is 14.3 Å². The first-order valence-corrected chi connectivity index (χ1v) is 10.7. The van der Waals surface area contributed by atoms with E-state index in [-0.39, 0.29) is 23.9 Å². The molecule has 1 atom stereocenters. The Morgan fingerprint density at radius 2 is 1.84 bits per heavy atom. The molecule has 4 rings (SSSR count). The van der Waals surface area contributed by atoms with E-state index in [1.165, 1.54) is 0 Å². The van der Waals surface area contributed by atoms with Crippen molar-refractivity contribution in [1.82, 2.24) is 24.4 Å². The van der Waals surface area contributed by atoms with Crippen LogP contribution in [0.1, 0.15) is 43.0 Å². The molecule has 2 amide bonds. The predicted octanol–water partition coefficient (Wildman–Crippen LogP) is 2.60. The number of anilines is 1. The highest BCUT2D eigenvalue weighted by Gasteiger charge is 2.34. The quantitative estimate of drug-likeness (QED) is 0.661. The van der Waals surface area contributed by atoms with Crippen molar-refractivity contribution in [2.75, 3.05) is 32.1 Å². The lowest BCUT2D eigenvalue weighted by Crippen LogP contribution is -2.52. The van der Waals surface area contributed by atoms with Crippen LogP contribution in [0.15, 0.2) is 42.6 Å². The van der Waals surface area contributed by atoms with Crippen molar-refractivity contribution in [3.63, 3.8) is 0 Å². The number of hydrogen-bond donors (Lipinski definition) is 1. The third-order valence-electron chi connectivity index (χ3n) is 5.87. The second kappa shape index (κ2) is 8.96. The maximum absolute atomic E-state index is 12.9. The van der Waals surface area contributed by atoms with Gasteiger partial charge in [-0.15, -0.1) is 10.2 Å². The van der Waals surface area contributed by atoms with Crippen LogP contribution in [0, 0.1) is 0 Å². The van der Waals surface area contributed by atoms with E-state index in [9.17, 15) is 9.59 Å². The van der Waals surface area contributed by atoms with Gasteiger partial charge in [0.15, 0.2) is 11.5 Å². The molecule has 32 heavy (non-hydrogen) atoms. The Morgan fingerprint density at radius 3 is 2.50 bits per heavy atom. The molecule has 1 fully saturated rings. The van der Waals surface area contributed by atoms with E-state index >= 15 is 0 Å². The predicted molar refractivity (Wildman–Crippen MR) is 121 cm³/mol. The number of nitrogens with one attached hydrogen (secondary N) is 1. The van der Waals surface area contributed by atoms with Crippen LogP contribution in [0.2, 0.25) is 0 Å². The Morgan fingerprint density at radius 1 is 1.09 bits per heavy atom. The normalized spacial score (nSPS) is 17.0. The summed E-state index contributed by atoms with van der Waals surface area (Å²) in [5, 5.41) is 11.6. The van der Waals surface area contributed by atoms with Crippen LogP contribution in [-0.4, -0.2) is 69.0 Å². The molecule has 3 heterocycles. The number of ether oxygens (including phenoxy) is 1. The number of carbonyl (C=O) groups is 2. The van der Waals surface area contributed by atoms with Gasteiger partial charge in [0.2, 0.25) is 5.91 Å². The molecular weight excluding hydrogens is 408 g/mol. The maximum Gasteiger partial charge on any atom is 0.257 e. The number of amides is 2. The number of rotatable bonds is 5. The molecule has 0 radical (unpaired) electrons. The Kier molecular flexibility index (Phi) is 6.09. The van der Waals surface area contributed by atoms with E-state index in [4.69, 9.17) is 4.74 Å². The molecule has 2 aromatic heterocycles. The molecule has 1 aliphatic rings. The molecule has 1 unspecified atom stereocenters. The van der Waals surface area contributed by atoms with E-state index in [1.54, 1.807) is 56.6 Å². The monoisotopic (exact) mass is 436 g/mol. The highest BCUT2D eigenvalue weighted by atomic mass is 16.5. The number of methoxy groups -OCH3 is 1. The fourth-order valence-corrected chi connectivity index (χ4v) is 4.08. The largest absolute Gasteiger partial charge is 0.497 e. The van der Waals surface area contributed by atoms with Crippen molar-refractivity contribution in [2.45, 2.75) is 32.9 Å². The number of pyridine rings is 1. The van der Waals surface area contributed by atoms with Crippen molar-refractivity contribution in [1.29, 1.82) is 0 Å². The standard InChI is InChI=1S/C23H28N6O3/c1-15(2)28-12-11-27(16(3)30)14-20(28)22-26-25-21-10-5-17(13-29(21)22)23(31)24-18-6-8-19(32-4)9-7-18/h5-10,13,15,20H,11-12,14H2,1-4H3,(H,24,31). The van der Waals surface area contributed by atoms with E-state index in [2.05, 4.69) is 34.3 Å². The number of carbonyl (C=O) groups excluding carboxylic acids is 2. The summed E-state index contributed by atoms with van der Waals surface area (Å²) in [6, 6.07) is 10.9. The van der Waals surface area contributed by atoms with Crippen molar-refractivity contribution in [3.8, 4) is 5.75 Å². The Bertz CT molecular complexity index is 1120. The van der Waals surface area contributed by atoms with Gasteiger partial charge in [-0.3, -0.25) is 18.9 Å². The molecule has 1 aliphatic heterocycles. The number of nitrogens with zero attached hydrogens (tertiary/aromatic N) is 5. The molecule has 3 aromatic rings. The number of hydrogen-bond acceptors (Lipinski definition) is 6. The number of benzene rings is 1. The van der Waals surface area contributed by atoms with E-state index in [1.807, 2.05) is 9.30 Å². The topological polar surface area (TPSA) is 92.1 Å². The van der Waals surface area contributed by atoms with Crippen LogP contribution in [0.3, 0.4) is 0 Å². The Balaban J connectivity index is 1.63. The minimum absolute atomic E-state index is 0.0479. The summed E-state index contributed by atoms with van der Waals surface area (Å²) in [5.41, 5.74) is 1.82. The first-order chi connectivity index (χ1) is 15.4. The summed E-state index contributed by atoms with van der Waals surface area (Å²) < 4.78 is 7.01. The number of fused-ring (bicyclic) bond motifs is 1. The van der Waals surface area contributed by atoms with Gasteiger partial charge in [0.05, 0.1) is 18.7 Å². The summed E-state index contributed by atoms with van der Waals surface area (Å²) in [6.07, 6.45) is 1.76. The van der Waals surface area contributed by atoms with Gasteiger partial charge in [0.1, 0.15) is 5.75 Å². The SMILES string of the molecule is COc1ccc(NC(=O)c2ccc3nnc(C4CN(C(C)=O)CCN4C(C)C)n3c2)cc1. The van der Waals surface area contributed by atoms with Gasteiger partial charge in [-0.05, 0) is 50.2 Å². The fraction of sp³-hybridized carbons (Fsp3) is 0.391. The summed E-state index contributed by atoms with van der Waals surface area (Å²) in [5.74, 6) is 1.26. The molecule has 9 nitrogen and oxygen atoms in total. The summed E-state index contributed by atoms with van der Waals surface area (Å²) in [7, 11) is 1.60. The van der Waals surface area contributed by atoms with Crippen molar-refractivity contribution in [3.05, 3.63) is 54.0 Å². The fourth-order valence-electron chi connectivity index (χ4n) is 4.08. The van der Waals surface area contributed by atoms with Gasteiger partial charge in [-0.25, -0.2) is 0 Å². The maximum atomic E-state index is 12.9. The minimum Gasteiger partial charge on any atom is -0.497 e. The van der Waals surface area contributed by atoms with Crippen LogP contribution in [0.5, 0.6) is 5.75 Å². The Labute approximate surface area is 187 Å². The lowest BCUT2D eigenvalue weighted by atomic mass is 10.1. The smallest absolute Gasteiger partial charge is 0.257 e. The zero-order valence-corrected chi connectivity index (χ0v) is 18.8. The second-order valence-electron chi connectivity index (χ2n) is 8.20. The zero-order valence-electron chi connectivity index (χ0n) is 18.8. The first kappa shape index (κ1) is 21.8. The average Bonchev–Trinajstić information content (AvgIpc) is 3.22. The van der Waals surface area contributed by atoms with Crippen LogP contribution in [0.25, 0.3) is 5.65 Å². The van der Waals surface area contributed by atoms with Crippen LogP contribution in [0.4, 0.5) is 5.69 Å². The molecule has 0 spiro atoms. The van der Waals surface area contributed by atoms with Gasteiger partial charge in [0.25, 0.3) is 5.91 Å². The van der Waals surface area contributed by atoms with Crippen molar-refractivity contribution >= 4 is 23.1 Å². The molecule has 0 saturated carbocycles. The van der Waals surface area contributed by atoms with Gasteiger partial charge in [0, 0.05) is 44.5 Å². The third-order valence-corrected chi connectivity index (χ3v) is 5.87. The molecule has 0 aliphatic carbocycles. The van der Waals surface area contributed by atoms with E-state index in [0.29, 0.717) is 30.0 Å². The molecule has 168 valence electrons. The lowest BCUT2D eigenvalue weighted by molar-refractivity contribution is -0.132. The summed E-state index contributed by atoms with van der Waals surface area (Å²) >= 11 is 0. The molecule has 0 bridgehead atoms. The van der Waals surface area contributed by atoms with E-state index in [0.717, 1.165) is 18.1 Å². The second-order valence-corrected chi connectivity index (χ2v) is 8.20. The highest BCUT2D eigenvalue weighted by molar-refractivity contribution is 6.04. The third kappa shape index (κ3) is 4.29. The molecule has 1 aromatic carbocycles. The minimum atomic E-state index is -0.230. The van der Waals surface area contributed by atoms with Gasteiger partial charge in [-0.2, -0.15) is 0 Å². The van der Waals surface area contributed by atoms with Gasteiger partial charge >= 0.3 is 0 Å². The summed E-state index contributed by atoms with van der Waals surface area (Å²) in [4.78, 5) is 29.0. The Hall–Kier alpha value is -3.46. The number of piperazine rings is 1. The van der Waals surface area contributed by atoms with Crippen molar-refractivity contribution in [2.24, 2.45) is 0 Å². The average molecular weight is 437 g/mol. The molecular formula is C23H28N6O3. The van der Waals surface area contributed by atoms with Gasteiger partial charge in [-0.1, -0.05) is 0 Å². The molecule has 1 N–H and O–H groups in total. The van der Waals surface area contributed by atoms with Crippen LogP contribution in [-0.2, 0) is 4.79 Å². The number of aromatic nitrogens is 3. The summed E-state index contributed by atoms with van der Waals surface area (Å²) in [6.45, 7) is 7.84. The van der Waals surface area contributed by atoms with Crippen LogP contribution < -0.4 is 10.1 Å². The van der Waals surface area contributed by atoms with Crippen LogP contribution >= 0.6 is 0 Å². The molecule has 9 heteroatoms. The van der Waals surface area contributed by atoms with Gasteiger partial charge < -0.3 is 15.0 Å². The lowest BCUT2D eigenvalue weighted by Gasteiger charge is -2.42.